The lowest BCUT2D eigenvalue weighted by Crippen LogP contribution is -2.28. The van der Waals surface area contributed by atoms with Gasteiger partial charge >= 0.3 is 0 Å². The summed E-state index contributed by atoms with van der Waals surface area (Å²) in [7, 11) is 1.62. The van der Waals surface area contributed by atoms with Crippen LogP contribution in [0.15, 0.2) is 41.3 Å². The third kappa shape index (κ3) is 3.26. The number of amides is 1. The molecule has 2 aromatic heterocycles. The molecule has 1 aliphatic heterocycles. The van der Waals surface area contributed by atoms with Crippen LogP contribution in [0.1, 0.15) is 23.6 Å². The van der Waals surface area contributed by atoms with Crippen LogP contribution in [0.2, 0.25) is 0 Å². The fraction of sp³-hybridized carbons (Fsp3) is 0.350. The van der Waals surface area contributed by atoms with E-state index in [9.17, 15) is 9.59 Å². The van der Waals surface area contributed by atoms with Crippen LogP contribution < -0.4 is 5.56 Å². The van der Waals surface area contributed by atoms with Crippen molar-refractivity contribution in [2.24, 2.45) is 0 Å². The van der Waals surface area contributed by atoms with Gasteiger partial charge in [0, 0.05) is 50.4 Å². The van der Waals surface area contributed by atoms with E-state index in [0.29, 0.717) is 37.5 Å². The Kier molecular flexibility index (Phi) is 4.53. The number of methoxy groups -OCH3 is 1. The lowest BCUT2D eigenvalue weighted by atomic mass is 10.0. The maximum absolute atomic E-state index is 12.6. The SMILES string of the molecule is COCCN1C[C@H](c2cc(=O)n3[nH]cc(-c4ccc(C)cc4)c3n2)CC1=O. The number of aromatic nitrogens is 3. The highest BCUT2D eigenvalue weighted by molar-refractivity contribution is 5.80. The van der Waals surface area contributed by atoms with E-state index in [1.807, 2.05) is 31.2 Å². The van der Waals surface area contributed by atoms with E-state index in [1.165, 1.54) is 16.1 Å². The van der Waals surface area contributed by atoms with Gasteiger partial charge in [-0.3, -0.25) is 14.7 Å². The third-order valence-electron chi connectivity index (χ3n) is 5.08. The molecule has 1 amide bonds. The fourth-order valence-corrected chi connectivity index (χ4v) is 3.54. The Hall–Kier alpha value is -2.93. The van der Waals surface area contributed by atoms with E-state index >= 15 is 0 Å². The molecule has 140 valence electrons. The minimum atomic E-state index is -0.170. The molecule has 0 aliphatic carbocycles. The number of H-pyrrole nitrogens is 1. The summed E-state index contributed by atoms with van der Waals surface area (Å²) in [5, 5.41) is 2.98. The van der Waals surface area contributed by atoms with E-state index in [-0.39, 0.29) is 17.4 Å². The summed E-state index contributed by atoms with van der Waals surface area (Å²) in [6.07, 6.45) is 2.17. The van der Waals surface area contributed by atoms with Gasteiger partial charge in [-0.15, -0.1) is 0 Å². The average molecular weight is 366 g/mol. The zero-order valence-electron chi connectivity index (χ0n) is 15.4. The number of likely N-dealkylation sites (tertiary alicyclic amines) is 1. The zero-order valence-corrected chi connectivity index (χ0v) is 15.4. The van der Waals surface area contributed by atoms with E-state index in [1.54, 1.807) is 18.2 Å². The standard InChI is InChI=1S/C20H22N4O3/c1-13-3-5-14(6-4-13)16-11-21-24-19(26)10-17(22-20(16)24)15-9-18(25)23(12-15)7-8-27-2/h3-6,10-11,15,21H,7-9,12H2,1-2H3/t15-/m1/s1. The normalized spacial score (nSPS) is 17.2. The predicted octanol–water partition coefficient (Wildman–Crippen LogP) is 1.96. The first-order valence-corrected chi connectivity index (χ1v) is 9.01. The molecule has 27 heavy (non-hydrogen) atoms. The van der Waals surface area contributed by atoms with Gasteiger partial charge in [0.05, 0.1) is 12.3 Å². The second-order valence-electron chi connectivity index (χ2n) is 6.96. The molecule has 1 atom stereocenters. The van der Waals surface area contributed by atoms with Crippen LogP contribution in [0, 0.1) is 6.92 Å². The Bertz CT molecular complexity index is 1040. The van der Waals surface area contributed by atoms with Crippen molar-refractivity contribution in [1.82, 2.24) is 19.5 Å². The minimum absolute atomic E-state index is 0.0758. The summed E-state index contributed by atoms with van der Waals surface area (Å²) in [4.78, 5) is 31.3. The van der Waals surface area contributed by atoms with Crippen LogP contribution in [0.4, 0.5) is 0 Å². The van der Waals surface area contributed by atoms with Gasteiger partial charge < -0.3 is 9.64 Å². The van der Waals surface area contributed by atoms with Crippen LogP contribution in [0.3, 0.4) is 0 Å². The van der Waals surface area contributed by atoms with Crippen molar-refractivity contribution in [2.75, 3.05) is 26.8 Å². The number of carbonyl (C=O) groups excluding carboxylic acids is 1. The van der Waals surface area contributed by atoms with Gasteiger partial charge in [-0.25, -0.2) is 9.50 Å². The van der Waals surface area contributed by atoms with E-state index in [2.05, 4.69) is 5.10 Å². The van der Waals surface area contributed by atoms with Crippen LogP contribution in [-0.2, 0) is 9.53 Å². The van der Waals surface area contributed by atoms with Crippen molar-refractivity contribution in [3.05, 3.63) is 58.1 Å². The largest absolute Gasteiger partial charge is 0.383 e. The molecule has 1 N–H and O–H groups in total. The van der Waals surface area contributed by atoms with Crippen molar-refractivity contribution >= 4 is 11.6 Å². The molecule has 0 bridgehead atoms. The van der Waals surface area contributed by atoms with Crippen molar-refractivity contribution in [3.8, 4) is 11.1 Å². The minimum Gasteiger partial charge on any atom is -0.383 e. The highest BCUT2D eigenvalue weighted by atomic mass is 16.5. The van der Waals surface area contributed by atoms with Gasteiger partial charge in [0.2, 0.25) is 5.91 Å². The summed E-state index contributed by atoms with van der Waals surface area (Å²) in [6, 6.07) is 9.63. The molecule has 7 nitrogen and oxygen atoms in total. The number of hydrogen-bond acceptors (Lipinski definition) is 4. The number of nitrogens with one attached hydrogen (secondary N) is 1. The number of ether oxygens (including phenoxy) is 1. The smallest absolute Gasteiger partial charge is 0.272 e. The molecular weight excluding hydrogens is 344 g/mol. The molecule has 1 aromatic carbocycles. The van der Waals surface area contributed by atoms with Gasteiger partial charge in [0.15, 0.2) is 5.65 Å². The molecule has 0 radical (unpaired) electrons. The van der Waals surface area contributed by atoms with Crippen molar-refractivity contribution in [2.45, 2.75) is 19.3 Å². The van der Waals surface area contributed by atoms with Crippen LogP contribution in [0.25, 0.3) is 16.8 Å². The molecule has 4 rings (SSSR count). The summed E-state index contributed by atoms with van der Waals surface area (Å²) in [5.74, 6) is -0.000278. The number of carbonyl (C=O) groups is 1. The quantitative estimate of drug-likeness (QED) is 0.749. The lowest BCUT2D eigenvalue weighted by molar-refractivity contribution is -0.128. The van der Waals surface area contributed by atoms with Gasteiger partial charge in [-0.1, -0.05) is 29.8 Å². The molecule has 7 heteroatoms. The Morgan fingerprint density at radius 3 is 2.78 bits per heavy atom. The van der Waals surface area contributed by atoms with Gasteiger partial charge in [0.25, 0.3) is 5.56 Å². The number of rotatable bonds is 5. The third-order valence-corrected chi connectivity index (χ3v) is 5.08. The molecular formula is C20H22N4O3. The second-order valence-corrected chi connectivity index (χ2v) is 6.96. The molecule has 1 fully saturated rings. The molecule has 0 saturated carbocycles. The first kappa shape index (κ1) is 17.5. The van der Waals surface area contributed by atoms with Crippen molar-refractivity contribution in [3.63, 3.8) is 0 Å². The predicted molar refractivity (Wildman–Crippen MR) is 102 cm³/mol. The topological polar surface area (TPSA) is 79.7 Å². The maximum Gasteiger partial charge on any atom is 0.272 e. The monoisotopic (exact) mass is 366 g/mol. The second kappa shape index (κ2) is 7.00. The van der Waals surface area contributed by atoms with Gasteiger partial charge in [0.1, 0.15) is 0 Å². The first-order valence-electron chi connectivity index (χ1n) is 9.01. The molecule has 3 heterocycles. The number of nitrogens with zero attached hydrogens (tertiary/aromatic N) is 3. The summed E-state index contributed by atoms with van der Waals surface area (Å²) < 4.78 is 6.51. The summed E-state index contributed by atoms with van der Waals surface area (Å²) in [6.45, 7) is 3.66. The van der Waals surface area contributed by atoms with Crippen LogP contribution in [-0.4, -0.2) is 52.2 Å². The van der Waals surface area contributed by atoms with Gasteiger partial charge in [-0.05, 0) is 12.5 Å². The molecule has 3 aromatic rings. The number of aromatic amines is 1. The summed E-state index contributed by atoms with van der Waals surface area (Å²) in [5.41, 5.74) is 4.12. The average Bonchev–Trinajstić information content (AvgIpc) is 3.25. The molecule has 0 unspecified atom stereocenters. The molecule has 1 aliphatic rings. The van der Waals surface area contributed by atoms with E-state index < -0.39 is 0 Å². The van der Waals surface area contributed by atoms with Crippen molar-refractivity contribution in [1.29, 1.82) is 0 Å². The van der Waals surface area contributed by atoms with Gasteiger partial charge in [-0.2, -0.15) is 0 Å². The number of aryl methyl sites for hydroxylation is 1. The Balaban J connectivity index is 1.71. The lowest BCUT2D eigenvalue weighted by Gasteiger charge is -2.15. The molecule has 0 spiro atoms. The van der Waals surface area contributed by atoms with Crippen molar-refractivity contribution < 1.29 is 9.53 Å². The Morgan fingerprint density at radius 2 is 2.04 bits per heavy atom. The molecule has 1 saturated heterocycles. The van der Waals surface area contributed by atoms with Crippen LogP contribution in [0.5, 0.6) is 0 Å². The van der Waals surface area contributed by atoms with Crippen LogP contribution >= 0.6 is 0 Å². The van der Waals surface area contributed by atoms with E-state index in [4.69, 9.17) is 9.72 Å². The number of fused-ring (bicyclic) bond motifs is 1. The first-order chi connectivity index (χ1) is 13.1. The Morgan fingerprint density at radius 1 is 1.26 bits per heavy atom. The highest BCUT2D eigenvalue weighted by Gasteiger charge is 2.31. The highest BCUT2D eigenvalue weighted by Crippen LogP contribution is 2.28. The Labute approximate surface area is 156 Å². The number of hydrogen-bond donors (Lipinski definition) is 1. The number of benzene rings is 1. The maximum atomic E-state index is 12.6. The van der Waals surface area contributed by atoms with E-state index in [0.717, 1.165) is 11.1 Å². The zero-order chi connectivity index (χ0) is 19.0. The fourth-order valence-electron chi connectivity index (χ4n) is 3.54. The summed E-state index contributed by atoms with van der Waals surface area (Å²) >= 11 is 0.